The van der Waals surface area contributed by atoms with Crippen LogP contribution in [0.4, 0.5) is 4.79 Å². The molecule has 0 bridgehead atoms. The van der Waals surface area contributed by atoms with Crippen LogP contribution in [0.2, 0.25) is 0 Å². The molecule has 0 spiro atoms. The molecule has 1 atom stereocenters. The number of carbonyl (C=O) groups is 1. The normalized spacial score (nSPS) is 16.1. The van der Waals surface area contributed by atoms with Gasteiger partial charge in [0.1, 0.15) is 0 Å². The lowest BCUT2D eigenvalue weighted by Crippen LogP contribution is -2.36. The second kappa shape index (κ2) is 4.61. The molecule has 0 saturated heterocycles. The van der Waals surface area contributed by atoms with Crippen LogP contribution in [0.1, 0.15) is 41.0 Å². The van der Waals surface area contributed by atoms with Crippen molar-refractivity contribution in [3.05, 3.63) is 0 Å². The van der Waals surface area contributed by atoms with Crippen LogP contribution in [0, 0.1) is 0 Å². The van der Waals surface area contributed by atoms with Crippen LogP contribution in [0.15, 0.2) is 0 Å². The highest BCUT2D eigenvalue weighted by Crippen LogP contribution is 2.21. The van der Waals surface area contributed by atoms with Gasteiger partial charge in [-0.1, -0.05) is 6.92 Å². The van der Waals surface area contributed by atoms with E-state index in [1.165, 1.54) is 6.92 Å². The molecule has 0 saturated carbocycles. The van der Waals surface area contributed by atoms with Gasteiger partial charge in [-0.15, -0.1) is 0 Å². The van der Waals surface area contributed by atoms with E-state index in [0.717, 1.165) is 0 Å². The van der Waals surface area contributed by atoms with Crippen molar-refractivity contribution in [1.82, 2.24) is 0 Å². The predicted octanol–water partition coefficient (Wildman–Crippen LogP) is 2.55. The third-order valence-electron chi connectivity index (χ3n) is 1.41. The molecule has 0 aromatic heterocycles. The lowest BCUT2D eigenvalue weighted by molar-refractivity contribution is -0.446. The minimum absolute atomic E-state index is 0.370. The zero-order chi connectivity index (χ0) is 11.4. The van der Waals surface area contributed by atoms with E-state index < -0.39 is 17.5 Å². The Morgan fingerprint density at radius 2 is 1.71 bits per heavy atom. The van der Waals surface area contributed by atoms with Gasteiger partial charge in [0.25, 0.3) is 0 Å². The molecule has 0 fully saturated rings. The third kappa shape index (κ3) is 5.77. The molecule has 0 aromatic carbocycles. The predicted molar refractivity (Wildman–Crippen MR) is 49.7 cm³/mol. The lowest BCUT2D eigenvalue weighted by atomic mass is 10.2. The highest BCUT2D eigenvalue weighted by atomic mass is 17.2. The van der Waals surface area contributed by atoms with Gasteiger partial charge in [-0.3, -0.25) is 0 Å². The molecular formula is C9H18O5. The molecule has 84 valence electrons. The molecule has 0 aromatic rings. The molecule has 14 heavy (non-hydrogen) atoms. The summed E-state index contributed by atoms with van der Waals surface area (Å²) in [4.78, 5) is 20.3. The van der Waals surface area contributed by atoms with Gasteiger partial charge in [-0.05, 0) is 20.8 Å². The van der Waals surface area contributed by atoms with Gasteiger partial charge >= 0.3 is 6.16 Å². The molecule has 0 aliphatic carbocycles. The van der Waals surface area contributed by atoms with Gasteiger partial charge in [0.05, 0.1) is 5.60 Å². The Balaban J connectivity index is 4.19. The number of hydrogen-bond acceptors (Lipinski definition) is 4. The second-order valence-electron chi connectivity index (χ2n) is 4.13. The smallest absolute Gasteiger partial charge is 0.450 e. The standard InChI is InChI=1S/C9H18O5/c1-6-9(5,12-7(10)11)14-13-8(2,3)4/h6H2,1-5H3,(H,10,11). The average molecular weight is 206 g/mol. The van der Waals surface area contributed by atoms with Gasteiger partial charge in [-0.2, -0.15) is 4.89 Å². The van der Waals surface area contributed by atoms with Crippen molar-refractivity contribution < 1.29 is 24.4 Å². The topological polar surface area (TPSA) is 65.0 Å². The maximum Gasteiger partial charge on any atom is 0.508 e. The van der Waals surface area contributed by atoms with Crippen LogP contribution in [0.3, 0.4) is 0 Å². The average Bonchev–Trinajstić information content (AvgIpc) is 1.99. The number of carboxylic acid groups (broad SMARTS) is 1. The molecule has 0 radical (unpaired) electrons. The molecule has 0 heterocycles. The minimum atomic E-state index is -1.38. The van der Waals surface area contributed by atoms with Gasteiger partial charge in [0.15, 0.2) is 0 Å². The van der Waals surface area contributed by atoms with Crippen molar-refractivity contribution in [2.45, 2.75) is 52.4 Å². The van der Waals surface area contributed by atoms with E-state index in [2.05, 4.69) is 4.74 Å². The summed E-state index contributed by atoms with van der Waals surface area (Å²) in [7, 11) is 0. The summed E-state index contributed by atoms with van der Waals surface area (Å²) in [5, 5.41) is 8.45. The molecule has 5 heteroatoms. The van der Waals surface area contributed by atoms with Crippen molar-refractivity contribution in [2.75, 3.05) is 0 Å². The van der Waals surface area contributed by atoms with Crippen LogP contribution < -0.4 is 0 Å². The zero-order valence-corrected chi connectivity index (χ0v) is 9.29. The van der Waals surface area contributed by atoms with Crippen molar-refractivity contribution >= 4 is 6.16 Å². The fraction of sp³-hybridized carbons (Fsp3) is 0.889. The first-order valence-corrected chi connectivity index (χ1v) is 4.47. The molecular weight excluding hydrogens is 188 g/mol. The van der Waals surface area contributed by atoms with Crippen molar-refractivity contribution in [3.8, 4) is 0 Å². The van der Waals surface area contributed by atoms with Gasteiger partial charge in [0.2, 0.25) is 5.79 Å². The summed E-state index contributed by atoms with van der Waals surface area (Å²) in [6.07, 6.45) is -1.01. The van der Waals surface area contributed by atoms with E-state index in [9.17, 15) is 4.79 Å². The molecule has 0 aliphatic rings. The Labute approximate surface area is 83.9 Å². The summed E-state index contributed by atoms with van der Waals surface area (Å²) >= 11 is 0. The molecule has 1 N–H and O–H groups in total. The number of ether oxygens (including phenoxy) is 1. The van der Waals surface area contributed by atoms with E-state index in [-0.39, 0.29) is 0 Å². The minimum Gasteiger partial charge on any atom is -0.450 e. The SMILES string of the molecule is CCC(C)(OOC(C)(C)C)OC(=O)O. The van der Waals surface area contributed by atoms with Crippen molar-refractivity contribution in [1.29, 1.82) is 0 Å². The quantitative estimate of drug-likeness (QED) is 0.331. The summed E-state index contributed by atoms with van der Waals surface area (Å²) < 4.78 is 4.55. The highest BCUT2D eigenvalue weighted by Gasteiger charge is 2.31. The third-order valence-corrected chi connectivity index (χ3v) is 1.41. The van der Waals surface area contributed by atoms with Crippen LogP contribution >= 0.6 is 0 Å². The molecule has 5 nitrogen and oxygen atoms in total. The van der Waals surface area contributed by atoms with Crippen LogP contribution in [-0.4, -0.2) is 22.7 Å². The first kappa shape index (κ1) is 13.2. The van der Waals surface area contributed by atoms with E-state index in [1.807, 2.05) is 0 Å². The molecule has 0 aliphatic heterocycles. The number of rotatable bonds is 4. The Morgan fingerprint density at radius 1 is 1.21 bits per heavy atom. The van der Waals surface area contributed by atoms with E-state index in [4.69, 9.17) is 14.9 Å². The Hall–Kier alpha value is -0.810. The molecule has 1 unspecified atom stereocenters. The van der Waals surface area contributed by atoms with Crippen LogP contribution in [0.5, 0.6) is 0 Å². The first-order valence-electron chi connectivity index (χ1n) is 4.47. The van der Waals surface area contributed by atoms with Crippen LogP contribution in [0.25, 0.3) is 0 Å². The second-order valence-corrected chi connectivity index (χ2v) is 4.13. The highest BCUT2D eigenvalue weighted by molar-refractivity contribution is 5.57. The fourth-order valence-corrected chi connectivity index (χ4v) is 0.546. The fourth-order valence-electron chi connectivity index (χ4n) is 0.546. The Kier molecular flexibility index (Phi) is 4.35. The summed E-state index contributed by atoms with van der Waals surface area (Å²) in [6, 6.07) is 0. The molecule has 0 rings (SSSR count). The van der Waals surface area contributed by atoms with E-state index in [1.54, 1.807) is 27.7 Å². The van der Waals surface area contributed by atoms with Gasteiger partial charge in [0, 0.05) is 13.3 Å². The zero-order valence-electron chi connectivity index (χ0n) is 9.29. The Morgan fingerprint density at radius 3 is 2.00 bits per heavy atom. The summed E-state index contributed by atoms with van der Waals surface area (Å²) in [5.74, 6) is -1.25. The van der Waals surface area contributed by atoms with Gasteiger partial charge < -0.3 is 9.84 Å². The number of hydrogen-bond donors (Lipinski definition) is 1. The summed E-state index contributed by atoms with van der Waals surface area (Å²) in [5.41, 5.74) is -0.502. The first-order chi connectivity index (χ1) is 6.18. The van der Waals surface area contributed by atoms with Crippen molar-refractivity contribution in [3.63, 3.8) is 0 Å². The molecule has 0 amide bonds. The monoisotopic (exact) mass is 206 g/mol. The largest absolute Gasteiger partial charge is 0.508 e. The van der Waals surface area contributed by atoms with E-state index in [0.29, 0.717) is 6.42 Å². The van der Waals surface area contributed by atoms with Crippen LogP contribution in [-0.2, 0) is 14.5 Å². The van der Waals surface area contributed by atoms with Crippen molar-refractivity contribution in [2.24, 2.45) is 0 Å². The van der Waals surface area contributed by atoms with Gasteiger partial charge in [-0.25, -0.2) is 9.68 Å². The lowest BCUT2D eigenvalue weighted by Gasteiger charge is -2.29. The summed E-state index contributed by atoms with van der Waals surface area (Å²) in [6.45, 7) is 8.64. The maximum absolute atomic E-state index is 10.3. The Bertz CT molecular complexity index is 196. The van der Waals surface area contributed by atoms with E-state index >= 15 is 0 Å². The maximum atomic E-state index is 10.3.